The molecule has 2 heterocycles. The van der Waals surface area contributed by atoms with Crippen molar-refractivity contribution in [1.82, 2.24) is 14.9 Å². The predicted octanol–water partition coefficient (Wildman–Crippen LogP) is 2.77. The smallest absolute Gasteiger partial charge is 0.414 e. The van der Waals surface area contributed by atoms with Gasteiger partial charge in [-0.05, 0) is 30.7 Å². The van der Waals surface area contributed by atoms with E-state index in [1.807, 2.05) is 12.1 Å². The van der Waals surface area contributed by atoms with E-state index in [0.29, 0.717) is 12.5 Å². The molecule has 0 saturated carbocycles. The Morgan fingerprint density at radius 1 is 1.18 bits per heavy atom. The van der Waals surface area contributed by atoms with Crippen molar-refractivity contribution in [2.24, 2.45) is 0 Å². The van der Waals surface area contributed by atoms with Gasteiger partial charge in [0.2, 0.25) is 0 Å². The molecule has 0 bridgehead atoms. The molecule has 2 aromatic carbocycles. The van der Waals surface area contributed by atoms with E-state index in [4.69, 9.17) is 19.8 Å². The van der Waals surface area contributed by atoms with Crippen LogP contribution in [0.2, 0.25) is 0 Å². The summed E-state index contributed by atoms with van der Waals surface area (Å²) in [6, 6.07) is 13.3. The summed E-state index contributed by atoms with van der Waals surface area (Å²) in [7, 11) is 0. The molecule has 1 fully saturated rings. The molecule has 0 unspecified atom stereocenters. The van der Waals surface area contributed by atoms with Gasteiger partial charge in [-0.2, -0.15) is 0 Å². The number of carboxylic acids is 2. The minimum atomic E-state index is -1.82. The molecule has 3 N–H and O–H groups in total. The number of halogens is 1. The van der Waals surface area contributed by atoms with Gasteiger partial charge in [0.25, 0.3) is 0 Å². The van der Waals surface area contributed by atoms with Crippen LogP contribution in [0.15, 0.2) is 42.5 Å². The van der Waals surface area contributed by atoms with Gasteiger partial charge in [0.05, 0.1) is 11.0 Å². The molecule has 0 atom stereocenters. The lowest BCUT2D eigenvalue weighted by Crippen LogP contribution is -2.44. The van der Waals surface area contributed by atoms with Crippen molar-refractivity contribution in [3.63, 3.8) is 0 Å². The number of nitrogens with one attached hydrogen (secondary N) is 1. The summed E-state index contributed by atoms with van der Waals surface area (Å²) in [5.74, 6) is -2.31. The number of fused-ring (bicyclic) bond motifs is 1. The molecule has 1 aromatic heterocycles. The average Bonchev–Trinajstić information content (AvgIpc) is 3.02. The fraction of sp³-hybridized carbons (Fsp3) is 0.250. The normalized spacial score (nSPS) is 14.2. The quantitative estimate of drug-likeness (QED) is 0.599. The van der Waals surface area contributed by atoms with Crippen LogP contribution in [-0.4, -0.2) is 50.1 Å². The highest BCUT2D eigenvalue weighted by Gasteiger charge is 2.30. The molecule has 0 spiro atoms. The van der Waals surface area contributed by atoms with Gasteiger partial charge in [0.15, 0.2) is 0 Å². The van der Waals surface area contributed by atoms with E-state index in [-0.39, 0.29) is 5.82 Å². The molecule has 4 rings (SSSR count). The lowest BCUT2D eigenvalue weighted by molar-refractivity contribution is -0.159. The molecule has 1 aliphatic rings. The number of imidazole rings is 1. The lowest BCUT2D eigenvalue weighted by atomic mass is 9.98. The molecule has 1 aliphatic heterocycles. The van der Waals surface area contributed by atoms with E-state index in [1.165, 1.54) is 11.6 Å². The van der Waals surface area contributed by atoms with Crippen LogP contribution in [0.4, 0.5) is 4.39 Å². The Balaban J connectivity index is 0.000000330. The van der Waals surface area contributed by atoms with Gasteiger partial charge in [-0.1, -0.05) is 24.3 Å². The molecule has 0 amide bonds. The van der Waals surface area contributed by atoms with E-state index in [1.54, 1.807) is 6.07 Å². The molecule has 0 radical (unpaired) electrons. The lowest BCUT2D eigenvalue weighted by Gasteiger charge is -2.38. The van der Waals surface area contributed by atoms with E-state index in [0.717, 1.165) is 35.5 Å². The number of aliphatic carboxylic acids is 2. The molecule has 8 heteroatoms. The molecule has 1 saturated heterocycles. The minimum Gasteiger partial charge on any atom is -0.473 e. The third kappa shape index (κ3) is 4.52. The second-order valence-corrected chi connectivity index (χ2v) is 6.74. The number of benzene rings is 2. The Bertz CT molecular complexity index is 1000. The first-order valence-corrected chi connectivity index (χ1v) is 8.71. The summed E-state index contributed by atoms with van der Waals surface area (Å²) in [6.07, 6.45) is 0. The first kappa shape index (κ1) is 19.5. The van der Waals surface area contributed by atoms with Gasteiger partial charge in [-0.15, -0.1) is 0 Å². The summed E-state index contributed by atoms with van der Waals surface area (Å²) >= 11 is 0. The topological polar surface area (TPSA) is 107 Å². The number of aromatic amines is 1. The average molecular weight is 385 g/mol. The summed E-state index contributed by atoms with van der Waals surface area (Å²) in [6.45, 7) is 4.60. The van der Waals surface area contributed by atoms with Crippen molar-refractivity contribution in [3.05, 3.63) is 65.2 Å². The molecule has 28 heavy (non-hydrogen) atoms. The summed E-state index contributed by atoms with van der Waals surface area (Å²) in [5, 5.41) is 14.8. The summed E-state index contributed by atoms with van der Waals surface area (Å²) in [5.41, 5.74) is 4.12. The third-order valence-corrected chi connectivity index (χ3v) is 4.53. The van der Waals surface area contributed by atoms with Gasteiger partial charge in [0, 0.05) is 31.1 Å². The van der Waals surface area contributed by atoms with Crippen molar-refractivity contribution >= 4 is 23.0 Å². The van der Waals surface area contributed by atoms with Crippen molar-refractivity contribution in [2.45, 2.75) is 19.4 Å². The Morgan fingerprint density at radius 3 is 2.50 bits per heavy atom. The van der Waals surface area contributed by atoms with Crippen LogP contribution in [0.25, 0.3) is 11.0 Å². The molecular formula is C20H20FN3O4. The Labute approximate surface area is 160 Å². The highest BCUT2D eigenvalue weighted by atomic mass is 19.1. The standard InChI is InChI=1S/C18H18FN3.C2H2O4/c1-12-6-7-16-17(8-12)21-18(20-16)14-10-22(11-14)9-13-4-2-3-5-15(13)19;3-1(4)2(5)6/h2-8,14H,9-11H2,1H3,(H,20,21);(H,3,4)(H,5,6). The molecular weight excluding hydrogens is 365 g/mol. The zero-order chi connectivity index (χ0) is 20.3. The minimum absolute atomic E-state index is 0.120. The maximum Gasteiger partial charge on any atom is 0.414 e. The van der Waals surface area contributed by atoms with Crippen LogP contribution in [-0.2, 0) is 16.1 Å². The number of likely N-dealkylation sites (tertiary alicyclic amines) is 1. The van der Waals surface area contributed by atoms with Crippen LogP contribution in [0.5, 0.6) is 0 Å². The Morgan fingerprint density at radius 2 is 1.86 bits per heavy atom. The number of aryl methyl sites for hydroxylation is 1. The van der Waals surface area contributed by atoms with E-state index in [2.05, 4.69) is 40.0 Å². The Kier molecular flexibility index (Phi) is 5.70. The maximum absolute atomic E-state index is 13.7. The van der Waals surface area contributed by atoms with Crippen LogP contribution in [0, 0.1) is 12.7 Å². The van der Waals surface area contributed by atoms with Gasteiger partial charge in [-0.25, -0.2) is 19.0 Å². The second-order valence-electron chi connectivity index (χ2n) is 6.74. The number of hydrogen-bond donors (Lipinski definition) is 3. The molecule has 146 valence electrons. The number of carboxylic acid groups (broad SMARTS) is 2. The first-order chi connectivity index (χ1) is 13.3. The van der Waals surface area contributed by atoms with Gasteiger partial charge >= 0.3 is 11.9 Å². The highest BCUT2D eigenvalue weighted by Crippen LogP contribution is 2.28. The zero-order valence-corrected chi connectivity index (χ0v) is 15.2. The zero-order valence-electron chi connectivity index (χ0n) is 15.2. The van der Waals surface area contributed by atoms with Crippen LogP contribution >= 0.6 is 0 Å². The number of carbonyl (C=O) groups is 2. The monoisotopic (exact) mass is 385 g/mol. The molecule has 3 aromatic rings. The van der Waals surface area contributed by atoms with Crippen molar-refractivity contribution in [1.29, 1.82) is 0 Å². The number of aromatic nitrogens is 2. The fourth-order valence-electron chi connectivity index (χ4n) is 3.08. The SMILES string of the molecule is Cc1ccc2nc(C3CN(Cc4ccccc4F)C3)[nH]c2c1.O=C(O)C(=O)O. The maximum atomic E-state index is 13.7. The fourth-order valence-corrected chi connectivity index (χ4v) is 3.08. The molecule has 0 aliphatic carbocycles. The number of nitrogens with zero attached hydrogens (tertiary/aromatic N) is 2. The second kappa shape index (κ2) is 8.18. The molecule has 7 nitrogen and oxygen atoms in total. The van der Waals surface area contributed by atoms with E-state index < -0.39 is 11.9 Å². The number of rotatable bonds is 3. The number of hydrogen-bond acceptors (Lipinski definition) is 4. The van der Waals surface area contributed by atoms with Gasteiger partial charge in [-0.3, -0.25) is 4.90 Å². The summed E-state index contributed by atoms with van der Waals surface area (Å²) in [4.78, 5) is 28.6. The van der Waals surface area contributed by atoms with Crippen molar-refractivity contribution in [3.8, 4) is 0 Å². The van der Waals surface area contributed by atoms with Gasteiger partial charge < -0.3 is 15.2 Å². The third-order valence-electron chi connectivity index (χ3n) is 4.53. The largest absolute Gasteiger partial charge is 0.473 e. The number of H-pyrrole nitrogens is 1. The van der Waals surface area contributed by atoms with Gasteiger partial charge in [0.1, 0.15) is 11.6 Å². The van der Waals surface area contributed by atoms with E-state index in [9.17, 15) is 4.39 Å². The highest BCUT2D eigenvalue weighted by molar-refractivity contribution is 6.27. The first-order valence-electron chi connectivity index (χ1n) is 8.71. The van der Waals surface area contributed by atoms with Crippen LogP contribution in [0.1, 0.15) is 22.9 Å². The van der Waals surface area contributed by atoms with Crippen LogP contribution < -0.4 is 0 Å². The summed E-state index contributed by atoms with van der Waals surface area (Å²) < 4.78 is 13.7. The van der Waals surface area contributed by atoms with Crippen molar-refractivity contribution < 1.29 is 24.2 Å². The Hall–Kier alpha value is -3.26. The van der Waals surface area contributed by atoms with Crippen molar-refractivity contribution in [2.75, 3.05) is 13.1 Å². The predicted molar refractivity (Wildman–Crippen MR) is 101 cm³/mol. The van der Waals surface area contributed by atoms with Crippen LogP contribution in [0.3, 0.4) is 0 Å². The van der Waals surface area contributed by atoms with E-state index >= 15 is 0 Å².